The van der Waals surface area contributed by atoms with Crippen LogP contribution in [-0.2, 0) is 0 Å². The zero-order chi connectivity index (χ0) is 25.6. The Labute approximate surface area is 213 Å². The molecule has 0 spiro atoms. The van der Waals surface area contributed by atoms with Gasteiger partial charge in [0.15, 0.2) is 0 Å². The number of carbonyl (C=O) groups is 1. The molecular weight excluding hydrogens is 496 g/mol. The molecular formula is C26H20N4O4S2. The summed E-state index contributed by atoms with van der Waals surface area (Å²) in [4.78, 5) is 44.5. The molecule has 0 atom stereocenters. The first-order valence-corrected chi connectivity index (χ1v) is 12.6. The van der Waals surface area contributed by atoms with Gasteiger partial charge in [0, 0.05) is 54.5 Å². The summed E-state index contributed by atoms with van der Waals surface area (Å²) in [5.41, 5.74) is 3.70. The number of nitro groups is 1. The van der Waals surface area contributed by atoms with Gasteiger partial charge in [0.25, 0.3) is 11.2 Å². The molecule has 5 rings (SSSR count). The summed E-state index contributed by atoms with van der Waals surface area (Å²) in [5.74, 6) is -0.396. The van der Waals surface area contributed by atoms with Crippen molar-refractivity contribution in [3.8, 4) is 21.8 Å². The molecule has 0 aliphatic carbocycles. The maximum atomic E-state index is 13.5. The topological polar surface area (TPSA) is 97.8 Å². The summed E-state index contributed by atoms with van der Waals surface area (Å²) in [6.07, 6.45) is 1.73. The lowest BCUT2D eigenvalue weighted by Crippen LogP contribution is -2.27. The highest BCUT2D eigenvalue weighted by Crippen LogP contribution is 2.34. The van der Waals surface area contributed by atoms with Crippen molar-refractivity contribution in [3.05, 3.63) is 102 Å². The highest BCUT2D eigenvalue weighted by molar-refractivity contribution is 7.17. The maximum Gasteiger partial charge on any atom is 0.275 e. The molecule has 5 aromatic rings. The van der Waals surface area contributed by atoms with Crippen LogP contribution in [0.25, 0.3) is 32.9 Å². The number of rotatable bonds is 6. The van der Waals surface area contributed by atoms with E-state index in [1.807, 2.05) is 50.7 Å². The lowest BCUT2D eigenvalue weighted by atomic mass is 10.1. The van der Waals surface area contributed by atoms with Gasteiger partial charge in [0.2, 0.25) is 5.78 Å². The predicted octanol–water partition coefficient (Wildman–Crippen LogP) is 4.62. The zero-order valence-corrected chi connectivity index (χ0v) is 21.2. The second-order valence-electron chi connectivity index (χ2n) is 8.49. The third-order valence-electron chi connectivity index (χ3n) is 5.61. The molecule has 0 unspecified atom stereocenters. The first kappa shape index (κ1) is 23.6. The molecule has 10 heteroatoms. The predicted molar refractivity (Wildman–Crippen MR) is 143 cm³/mol. The van der Waals surface area contributed by atoms with Crippen molar-refractivity contribution in [2.75, 3.05) is 14.1 Å². The van der Waals surface area contributed by atoms with E-state index in [9.17, 15) is 19.7 Å². The van der Waals surface area contributed by atoms with Crippen molar-refractivity contribution in [2.45, 2.75) is 6.92 Å². The van der Waals surface area contributed by atoms with Crippen LogP contribution in [-0.4, -0.2) is 39.1 Å². The fourth-order valence-corrected chi connectivity index (χ4v) is 5.93. The van der Waals surface area contributed by atoms with Gasteiger partial charge in [-0.05, 0) is 25.1 Å². The number of thiazole rings is 2. The van der Waals surface area contributed by atoms with Gasteiger partial charge in [-0.3, -0.25) is 24.1 Å². The Bertz CT molecular complexity index is 1730. The number of hydrogen-bond donors (Lipinski definition) is 0. The number of hydrogen-bond acceptors (Lipinski definition) is 8. The van der Waals surface area contributed by atoms with E-state index in [4.69, 9.17) is 4.98 Å². The Hall–Kier alpha value is -4.15. The Kier molecular flexibility index (Phi) is 5.99. The van der Waals surface area contributed by atoms with Crippen LogP contribution in [0.4, 0.5) is 5.69 Å². The lowest BCUT2D eigenvalue weighted by molar-refractivity contribution is -0.384. The largest absolute Gasteiger partial charge is 0.382 e. The minimum atomic E-state index is -0.520. The Balaban J connectivity index is 1.67. The summed E-state index contributed by atoms with van der Waals surface area (Å²) in [7, 11) is 3.65. The molecule has 2 aromatic carbocycles. The van der Waals surface area contributed by atoms with Gasteiger partial charge < -0.3 is 4.90 Å². The van der Waals surface area contributed by atoms with Crippen molar-refractivity contribution in [1.82, 2.24) is 14.3 Å². The van der Waals surface area contributed by atoms with E-state index in [0.29, 0.717) is 19.9 Å². The summed E-state index contributed by atoms with van der Waals surface area (Å²) < 4.78 is 1.91. The molecule has 0 saturated heterocycles. The summed E-state index contributed by atoms with van der Waals surface area (Å²) >= 11 is 2.74. The van der Waals surface area contributed by atoms with E-state index < -0.39 is 10.7 Å². The first-order valence-electron chi connectivity index (χ1n) is 10.9. The molecule has 0 aliphatic rings. The van der Waals surface area contributed by atoms with Gasteiger partial charge in [-0.25, -0.2) is 4.98 Å². The van der Waals surface area contributed by atoms with Crippen LogP contribution in [0.15, 0.2) is 64.8 Å². The molecule has 0 bridgehead atoms. The third-order valence-corrected chi connectivity index (χ3v) is 7.58. The molecule has 180 valence electrons. The van der Waals surface area contributed by atoms with Crippen LogP contribution in [0.1, 0.15) is 21.6 Å². The second kappa shape index (κ2) is 9.14. The van der Waals surface area contributed by atoms with E-state index in [1.54, 1.807) is 17.2 Å². The molecule has 0 saturated carbocycles. The number of benzene rings is 2. The summed E-state index contributed by atoms with van der Waals surface area (Å²) in [6.45, 7) is 2.03. The fourth-order valence-electron chi connectivity index (χ4n) is 3.83. The molecule has 0 fully saturated rings. The number of non-ortho nitro benzene ring substituents is 1. The number of aromatic nitrogens is 2. The van der Waals surface area contributed by atoms with Crippen molar-refractivity contribution in [2.24, 2.45) is 0 Å². The summed E-state index contributed by atoms with van der Waals surface area (Å²) in [6, 6.07) is 15.1. The second-order valence-corrected chi connectivity index (χ2v) is 10.4. The van der Waals surface area contributed by atoms with Crippen molar-refractivity contribution < 1.29 is 9.72 Å². The van der Waals surface area contributed by atoms with E-state index in [1.165, 1.54) is 51.3 Å². The number of nitro benzene ring substituents is 1. The van der Waals surface area contributed by atoms with Crippen LogP contribution < -0.4 is 10.1 Å². The number of ketones is 1. The van der Waals surface area contributed by atoms with E-state index in [2.05, 4.69) is 0 Å². The van der Waals surface area contributed by atoms with Gasteiger partial charge in [-0.1, -0.05) is 29.8 Å². The van der Waals surface area contributed by atoms with Gasteiger partial charge in [0.1, 0.15) is 14.4 Å². The van der Waals surface area contributed by atoms with Crippen LogP contribution in [0.2, 0.25) is 0 Å². The zero-order valence-electron chi connectivity index (χ0n) is 19.6. The smallest absolute Gasteiger partial charge is 0.275 e. The Morgan fingerprint density at radius 2 is 1.81 bits per heavy atom. The van der Waals surface area contributed by atoms with Crippen molar-refractivity contribution in [1.29, 1.82) is 0 Å². The first-order chi connectivity index (χ1) is 17.2. The van der Waals surface area contributed by atoms with Gasteiger partial charge >= 0.3 is 0 Å². The lowest BCUT2D eigenvalue weighted by Gasteiger charge is -2.01. The average molecular weight is 517 g/mol. The molecule has 0 N–H and O–H groups in total. The minimum absolute atomic E-state index is 0.109. The number of carbonyl (C=O) groups excluding carboxylic acids is 1. The molecule has 3 aromatic heterocycles. The van der Waals surface area contributed by atoms with Gasteiger partial charge in [0.05, 0.1) is 16.3 Å². The molecule has 0 amide bonds. The molecule has 8 nitrogen and oxygen atoms in total. The number of nitrogens with zero attached hydrogens (tertiary/aromatic N) is 4. The van der Waals surface area contributed by atoms with Crippen molar-refractivity contribution >= 4 is 45.2 Å². The fraction of sp³-hybridized carbons (Fsp3) is 0.115. The van der Waals surface area contributed by atoms with Gasteiger partial charge in [-0.2, -0.15) is 0 Å². The highest BCUT2D eigenvalue weighted by Gasteiger charge is 2.24. The average Bonchev–Trinajstić information content (AvgIpc) is 3.55. The SMILES string of the molecule is Cc1ccc(-c2csc(-c3cc(C(=O)c4ccc([N+](=O)[O-])cc4)n4c(=O)/c(=C/N(C)C)sc34)n2)cc1. The van der Waals surface area contributed by atoms with Crippen molar-refractivity contribution in [3.63, 3.8) is 0 Å². The van der Waals surface area contributed by atoms with Crippen LogP contribution in [0, 0.1) is 17.0 Å². The van der Waals surface area contributed by atoms with Crippen LogP contribution >= 0.6 is 22.7 Å². The monoisotopic (exact) mass is 516 g/mol. The summed E-state index contributed by atoms with van der Waals surface area (Å²) in [5, 5.41) is 13.7. The third kappa shape index (κ3) is 4.21. The number of aryl methyl sites for hydroxylation is 1. The van der Waals surface area contributed by atoms with E-state index in [-0.39, 0.29) is 22.5 Å². The number of fused-ring (bicyclic) bond motifs is 1. The van der Waals surface area contributed by atoms with E-state index >= 15 is 0 Å². The van der Waals surface area contributed by atoms with Gasteiger partial charge in [-0.15, -0.1) is 22.7 Å². The molecule has 3 heterocycles. The van der Waals surface area contributed by atoms with Crippen LogP contribution in [0.3, 0.4) is 0 Å². The standard InChI is InChI=1S/C26H20N4O4S2/c1-15-4-6-16(7-5-15)20-14-35-24(27-20)19-12-21(23(31)17-8-10-18(11-9-17)30(33)34)29-25(32)22(13-28(2)3)36-26(19)29/h4-14H,1-3H3/b22-13-. The molecule has 0 aliphatic heterocycles. The minimum Gasteiger partial charge on any atom is -0.382 e. The Morgan fingerprint density at radius 3 is 2.44 bits per heavy atom. The van der Waals surface area contributed by atoms with E-state index in [0.717, 1.165) is 16.8 Å². The Morgan fingerprint density at radius 1 is 1.11 bits per heavy atom. The molecule has 0 radical (unpaired) electrons. The normalized spacial score (nSPS) is 11.8. The van der Waals surface area contributed by atoms with Crippen LogP contribution in [0.5, 0.6) is 0 Å². The maximum absolute atomic E-state index is 13.5. The molecule has 36 heavy (non-hydrogen) atoms. The highest BCUT2D eigenvalue weighted by atomic mass is 32.1. The quantitative estimate of drug-likeness (QED) is 0.186.